The lowest BCUT2D eigenvalue weighted by atomic mass is 9.94. The number of fused-ring (bicyclic) bond motifs is 1. The minimum atomic E-state index is -0.368. The fraction of sp³-hybridized carbons (Fsp3) is 0.423. The lowest BCUT2D eigenvalue weighted by Crippen LogP contribution is -2.44. The van der Waals surface area contributed by atoms with Crippen molar-refractivity contribution in [3.05, 3.63) is 42.5 Å². The topological polar surface area (TPSA) is 97.4 Å². The van der Waals surface area contributed by atoms with Gasteiger partial charge in [0.05, 0.1) is 12.5 Å². The highest BCUT2D eigenvalue weighted by atomic mass is 16.7. The Morgan fingerprint density at radius 2 is 1.77 bits per heavy atom. The molecule has 2 aromatic rings. The van der Waals surface area contributed by atoms with Crippen molar-refractivity contribution in [2.45, 2.75) is 26.2 Å². The Kier molecular flexibility index (Phi) is 6.48. The minimum absolute atomic E-state index is 0.0126. The van der Waals surface area contributed by atoms with Crippen LogP contribution in [0.3, 0.4) is 0 Å². The molecule has 0 saturated carbocycles. The Balaban J connectivity index is 1.13. The van der Waals surface area contributed by atoms with Crippen LogP contribution in [0.15, 0.2) is 42.5 Å². The second kappa shape index (κ2) is 9.85. The van der Waals surface area contributed by atoms with E-state index in [1.54, 1.807) is 28.0 Å². The third-order valence-corrected chi connectivity index (χ3v) is 6.75. The Bertz CT molecular complexity index is 1110. The lowest BCUT2D eigenvalue weighted by molar-refractivity contribution is -0.138. The summed E-state index contributed by atoms with van der Waals surface area (Å²) in [6.07, 6.45) is 1.38. The van der Waals surface area contributed by atoms with E-state index < -0.39 is 0 Å². The number of nitrogens with zero attached hydrogens (tertiary/aromatic N) is 2. The van der Waals surface area contributed by atoms with Gasteiger partial charge in [0, 0.05) is 49.4 Å². The van der Waals surface area contributed by atoms with Crippen molar-refractivity contribution in [1.29, 1.82) is 0 Å². The molecule has 0 aromatic heterocycles. The Morgan fingerprint density at radius 3 is 2.51 bits per heavy atom. The Labute approximate surface area is 203 Å². The summed E-state index contributed by atoms with van der Waals surface area (Å²) >= 11 is 0. The molecule has 3 aliphatic rings. The van der Waals surface area contributed by atoms with Gasteiger partial charge in [-0.15, -0.1) is 0 Å². The van der Waals surface area contributed by atoms with E-state index in [1.165, 1.54) is 0 Å². The molecule has 1 atom stereocenters. The van der Waals surface area contributed by atoms with Crippen molar-refractivity contribution in [3.63, 3.8) is 0 Å². The van der Waals surface area contributed by atoms with Gasteiger partial charge in [-0.05, 0) is 56.2 Å². The predicted molar refractivity (Wildman–Crippen MR) is 129 cm³/mol. The first-order chi connectivity index (χ1) is 17.0. The first-order valence-electron chi connectivity index (χ1n) is 12.0. The molecule has 9 nitrogen and oxygen atoms in total. The van der Waals surface area contributed by atoms with E-state index >= 15 is 0 Å². The number of hydrogen-bond acceptors (Lipinski definition) is 6. The zero-order valence-electron chi connectivity index (χ0n) is 19.7. The summed E-state index contributed by atoms with van der Waals surface area (Å²) in [5.41, 5.74) is 1.43. The average molecular weight is 480 g/mol. The van der Waals surface area contributed by atoms with Gasteiger partial charge in [0.15, 0.2) is 11.5 Å². The fourth-order valence-electron chi connectivity index (χ4n) is 4.85. The van der Waals surface area contributed by atoms with E-state index in [0.717, 1.165) is 11.4 Å². The third kappa shape index (κ3) is 4.89. The highest BCUT2D eigenvalue weighted by Gasteiger charge is 2.38. The van der Waals surface area contributed by atoms with Gasteiger partial charge in [-0.1, -0.05) is 0 Å². The molecule has 0 radical (unpaired) electrons. The van der Waals surface area contributed by atoms with E-state index in [9.17, 15) is 14.4 Å². The molecule has 184 valence electrons. The van der Waals surface area contributed by atoms with Crippen LogP contribution in [0.1, 0.15) is 26.2 Å². The number of rotatable bonds is 6. The molecule has 3 aliphatic heterocycles. The molecule has 0 unspecified atom stereocenters. The van der Waals surface area contributed by atoms with E-state index in [2.05, 4.69) is 5.32 Å². The molecule has 2 fully saturated rings. The van der Waals surface area contributed by atoms with Crippen molar-refractivity contribution < 1.29 is 28.6 Å². The van der Waals surface area contributed by atoms with Crippen LogP contribution in [0.5, 0.6) is 17.2 Å². The van der Waals surface area contributed by atoms with Gasteiger partial charge in [0.2, 0.25) is 24.5 Å². The molecule has 5 rings (SSSR count). The van der Waals surface area contributed by atoms with E-state index in [-0.39, 0.29) is 42.8 Å². The Hall–Kier alpha value is -3.75. The highest BCUT2D eigenvalue weighted by Crippen LogP contribution is 2.35. The smallest absolute Gasteiger partial charge is 0.231 e. The molecule has 9 heteroatoms. The van der Waals surface area contributed by atoms with Crippen molar-refractivity contribution in [3.8, 4) is 17.2 Å². The largest absolute Gasteiger partial charge is 0.494 e. The normalized spacial score (nSPS) is 19.7. The summed E-state index contributed by atoms with van der Waals surface area (Å²) in [5.74, 6) is 1.37. The molecule has 3 amide bonds. The van der Waals surface area contributed by atoms with Crippen molar-refractivity contribution >= 4 is 29.1 Å². The Morgan fingerprint density at radius 1 is 1.03 bits per heavy atom. The second-order valence-electron chi connectivity index (χ2n) is 8.99. The van der Waals surface area contributed by atoms with E-state index in [0.29, 0.717) is 56.3 Å². The first-order valence-corrected chi connectivity index (χ1v) is 12.0. The third-order valence-electron chi connectivity index (χ3n) is 6.75. The molecule has 2 aromatic carbocycles. The van der Waals surface area contributed by atoms with Gasteiger partial charge in [-0.3, -0.25) is 14.4 Å². The molecular formula is C26H29N3O6. The first kappa shape index (κ1) is 23.0. The second-order valence-corrected chi connectivity index (χ2v) is 8.99. The molecule has 35 heavy (non-hydrogen) atoms. The number of amides is 3. The van der Waals surface area contributed by atoms with E-state index in [1.807, 2.05) is 31.2 Å². The maximum Gasteiger partial charge on any atom is 0.231 e. The number of likely N-dealkylation sites (tertiary alicyclic amines) is 1. The zero-order valence-corrected chi connectivity index (χ0v) is 19.7. The summed E-state index contributed by atoms with van der Waals surface area (Å²) < 4.78 is 16.1. The van der Waals surface area contributed by atoms with Crippen LogP contribution in [0.4, 0.5) is 11.4 Å². The molecular weight excluding hydrogens is 450 g/mol. The maximum atomic E-state index is 13.1. The standard InChI is InChI=1S/C26H29N3O6/c1-2-33-21-6-4-20(5-7-21)29-15-18(13-24(29)30)26(32)28-11-9-17(10-12-28)25(31)27-19-3-8-22-23(14-19)35-16-34-22/h3-8,14,17-18H,2,9-13,15-16H2,1H3,(H,27,31)/t18-/m1/s1. The van der Waals surface area contributed by atoms with Gasteiger partial charge in [-0.2, -0.15) is 0 Å². The average Bonchev–Trinajstić information content (AvgIpc) is 3.50. The number of ether oxygens (including phenoxy) is 3. The summed E-state index contributed by atoms with van der Waals surface area (Å²) in [4.78, 5) is 42.0. The van der Waals surface area contributed by atoms with Crippen LogP contribution in [-0.4, -0.2) is 55.7 Å². The van der Waals surface area contributed by atoms with Gasteiger partial charge in [-0.25, -0.2) is 0 Å². The quantitative estimate of drug-likeness (QED) is 0.684. The predicted octanol–water partition coefficient (Wildman–Crippen LogP) is 3.04. The van der Waals surface area contributed by atoms with Gasteiger partial charge >= 0.3 is 0 Å². The summed E-state index contributed by atoms with van der Waals surface area (Å²) in [6, 6.07) is 12.7. The SMILES string of the molecule is CCOc1ccc(N2C[C@H](C(=O)N3CCC(C(=O)Nc4ccc5c(c4)OCO5)CC3)CC2=O)cc1. The van der Waals surface area contributed by atoms with Crippen molar-refractivity contribution in [1.82, 2.24) is 4.90 Å². The molecule has 3 heterocycles. The number of nitrogens with one attached hydrogen (secondary N) is 1. The number of piperidine rings is 1. The van der Waals surface area contributed by atoms with Crippen LogP contribution in [0, 0.1) is 11.8 Å². The van der Waals surface area contributed by atoms with Crippen LogP contribution in [0.2, 0.25) is 0 Å². The van der Waals surface area contributed by atoms with E-state index in [4.69, 9.17) is 14.2 Å². The molecule has 2 saturated heterocycles. The van der Waals surface area contributed by atoms with Crippen LogP contribution < -0.4 is 24.4 Å². The highest BCUT2D eigenvalue weighted by molar-refractivity contribution is 6.00. The molecule has 0 aliphatic carbocycles. The summed E-state index contributed by atoms with van der Waals surface area (Å²) in [6.45, 7) is 4.07. The lowest BCUT2D eigenvalue weighted by Gasteiger charge is -2.33. The van der Waals surface area contributed by atoms with Crippen molar-refractivity contribution in [2.75, 3.05) is 43.3 Å². The van der Waals surface area contributed by atoms with Crippen LogP contribution >= 0.6 is 0 Å². The molecule has 0 spiro atoms. The monoisotopic (exact) mass is 479 g/mol. The van der Waals surface area contributed by atoms with Crippen LogP contribution in [-0.2, 0) is 14.4 Å². The number of carbonyl (C=O) groups excluding carboxylic acids is 3. The summed E-state index contributed by atoms with van der Waals surface area (Å²) in [7, 11) is 0. The molecule has 0 bridgehead atoms. The van der Waals surface area contributed by atoms with Gasteiger partial charge in [0.1, 0.15) is 5.75 Å². The maximum absolute atomic E-state index is 13.1. The molecule has 1 N–H and O–H groups in total. The minimum Gasteiger partial charge on any atom is -0.494 e. The van der Waals surface area contributed by atoms with Gasteiger partial charge in [0.25, 0.3) is 0 Å². The zero-order chi connectivity index (χ0) is 24.4. The van der Waals surface area contributed by atoms with Crippen LogP contribution in [0.25, 0.3) is 0 Å². The number of hydrogen-bond donors (Lipinski definition) is 1. The fourth-order valence-corrected chi connectivity index (χ4v) is 4.85. The van der Waals surface area contributed by atoms with Gasteiger partial charge < -0.3 is 29.3 Å². The summed E-state index contributed by atoms with van der Waals surface area (Å²) in [5, 5.41) is 2.94. The van der Waals surface area contributed by atoms with Crippen molar-refractivity contribution in [2.24, 2.45) is 11.8 Å². The number of anilines is 2. The number of benzene rings is 2. The number of carbonyl (C=O) groups is 3.